The number of benzene rings is 2. The Morgan fingerprint density at radius 2 is 1.75 bits per heavy atom. The highest BCUT2D eigenvalue weighted by atomic mass is 16.5. The Morgan fingerprint density at radius 3 is 2.50 bits per heavy atom. The Balaban J connectivity index is 1.48. The number of rotatable bonds is 6. The van der Waals surface area contributed by atoms with Crippen molar-refractivity contribution in [1.29, 1.82) is 0 Å². The minimum Gasteiger partial charge on any atom is -0.384 e. The number of ether oxygens (including phenoxy) is 1. The molecular formula is C22H20N2O4. The van der Waals surface area contributed by atoms with Crippen molar-refractivity contribution in [2.24, 2.45) is 0 Å². The van der Waals surface area contributed by atoms with Gasteiger partial charge in [-0.1, -0.05) is 30.3 Å². The summed E-state index contributed by atoms with van der Waals surface area (Å²) in [6, 6.07) is 14.1. The smallest absolute Gasteiger partial charge is 0.253 e. The van der Waals surface area contributed by atoms with Crippen molar-refractivity contribution in [3.63, 3.8) is 0 Å². The summed E-state index contributed by atoms with van der Waals surface area (Å²) in [6.07, 6.45) is 2.49. The first-order valence-corrected chi connectivity index (χ1v) is 9.14. The molecule has 0 fully saturated rings. The van der Waals surface area contributed by atoms with Gasteiger partial charge in [-0.25, -0.2) is 0 Å². The van der Waals surface area contributed by atoms with E-state index in [1.165, 1.54) is 23.3 Å². The number of nitrogens with one attached hydrogen (secondary N) is 1. The summed E-state index contributed by atoms with van der Waals surface area (Å²) in [5, 5.41) is 2.86. The molecule has 1 heterocycles. The van der Waals surface area contributed by atoms with Crippen molar-refractivity contribution in [2.45, 2.75) is 12.3 Å². The summed E-state index contributed by atoms with van der Waals surface area (Å²) in [4.78, 5) is 36.5. The Labute approximate surface area is 162 Å². The van der Waals surface area contributed by atoms with Gasteiger partial charge in [0.25, 0.3) is 11.8 Å². The number of carbonyl (C=O) groups excluding carboxylic acids is 3. The summed E-state index contributed by atoms with van der Waals surface area (Å²) in [7, 11) is 1.70. The van der Waals surface area contributed by atoms with E-state index in [4.69, 9.17) is 4.74 Å². The second-order valence-corrected chi connectivity index (χ2v) is 6.86. The first-order valence-electron chi connectivity index (χ1n) is 9.14. The lowest BCUT2D eigenvalue weighted by molar-refractivity contribution is -0.137. The Hall–Kier alpha value is -3.25. The van der Waals surface area contributed by atoms with Crippen LogP contribution in [0.2, 0.25) is 0 Å². The van der Waals surface area contributed by atoms with Crippen LogP contribution in [-0.2, 0) is 19.1 Å². The SMILES string of the molecule is COCC1c2ccccc2-c2cc(NC(=O)CCN3C(=O)C=CC3=O)ccc21. The lowest BCUT2D eigenvalue weighted by Gasteiger charge is -2.14. The topological polar surface area (TPSA) is 75.7 Å². The largest absolute Gasteiger partial charge is 0.384 e. The first-order chi connectivity index (χ1) is 13.6. The highest BCUT2D eigenvalue weighted by Crippen LogP contribution is 2.45. The van der Waals surface area contributed by atoms with Crippen LogP contribution in [0, 0.1) is 0 Å². The molecule has 0 radical (unpaired) electrons. The fourth-order valence-electron chi connectivity index (χ4n) is 3.82. The summed E-state index contributed by atoms with van der Waals surface area (Å²) < 4.78 is 5.40. The van der Waals surface area contributed by atoms with Gasteiger partial charge in [0.05, 0.1) is 6.61 Å². The minimum absolute atomic E-state index is 0.0547. The number of carbonyl (C=O) groups is 3. The lowest BCUT2D eigenvalue weighted by atomic mass is 9.98. The molecule has 0 spiro atoms. The van der Waals surface area contributed by atoms with Crippen molar-refractivity contribution in [2.75, 3.05) is 25.6 Å². The van der Waals surface area contributed by atoms with Crippen LogP contribution in [0.25, 0.3) is 11.1 Å². The third-order valence-corrected chi connectivity index (χ3v) is 5.14. The molecule has 0 saturated carbocycles. The average Bonchev–Trinajstić information content (AvgIpc) is 3.18. The van der Waals surface area contributed by atoms with Crippen LogP contribution in [0.15, 0.2) is 54.6 Å². The molecule has 0 aromatic heterocycles. The van der Waals surface area contributed by atoms with Crippen molar-refractivity contribution in [1.82, 2.24) is 4.90 Å². The molecule has 28 heavy (non-hydrogen) atoms. The number of hydrogen-bond acceptors (Lipinski definition) is 4. The van der Waals surface area contributed by atoms with E-state index < -0.39 is 0 Å². The van der Waals surface area contributed by atoms with E-state index in [1.807, 2.05) is 30.3 Å². The fraction of sp³-hybridized carbons (Fsp3) is 0.227. The quantitative estimate of drug-likeness (QED) is 0.787. The highest BCUT2D eigenvalue weighted by Gasteiger charge is 2.28. The molecule has 2 aliphatic rings. The van der Waals surface area contributed by atoms with Gasteiger partial charge in [0.15, 0.2) is 0 Å². The molecule has 1 N–H and O–H groups in total. The number of methoxy groups -OCH3 is 1. The standard InChI is InChI=1S/C22H20N2O4/c1-28-13-19-16-5-3-2-4-15(16)18-12-14(6-7-17(18)19)23-20(25)10-11-24-21(26)8-9-22(24)27/h2-9,12,19H,10-11,13H2,1H3,(H,23,25). The summed E-state index contributed by atoms with van der Waals surface area (Å²) in [6.45, 7) is 0.668. The van der Waals surface area contributed by atoms with E-state index in [0.29, 0.717) is 12.3 Å². The minimum atomic E-state index is -0.379. The molecule has 1 aliphatic heterocycles. The molecule has 2 aromatic carbocycles. The molecule has 1 aliphatic carbocycles. The molecule has 6 heteroatoms. The van der Waals surface area contributed by atoms with E-state index in [-0.39, 0.29) is 36.6 Å². The molecule has 1 atom stereocenters. The zero-order valence-electron chi connectivity index (χ0n) is 15.5. The Kier molecular flexibility index (Phi) is 4.79. The van der Waals surface area contributed by atoms with Gasteiger partial charge in [0.2, 0.25) is 5.91 Å². The molecule has 1 unspecified atom stereocenters. The molecular weight excluding hydrogens is 356 g/mol. The molecule has 0 bridgehead atoms. The second-order valence-electron chi connectivity index (χ2n) is 6.86. The van der Waals surface area contributed by atoms with E-state index in [2.05, 4.69) is 17.4 Å². The van der Waals surface area contributed by atoms with Gasteiger partial charge < -0.3 is 10.1 Å². The van der Waals surface area contributed by atoms with Gasteiger partial charge in [-0.15, -0.1) is 0 Å². The number of fused-ring (bicyclic) bond motifs is 3. The Morgan fingerprint density at radius 1 is 1.04 bits per heavy atom. The van der Waals surface area contributed by atoms with Crippen molar-refractivity contribution < 1.29 is 19.1 Å². The maximum Gasteiger partial charge on any atom is 0.253 e. The van der Waals surface area contributed by atoms with Gasteiger partial charge in [-0.2, -0.15) is 0 Å². The van der Waals surface area contributed by atoms with Crippen LogP contribution in [-0.4, -0.2) is 42.9 Å². The van der Waals surface area contributed by atoms with Gasteiger partial charge in [0.1, 0.15) is 0 Å². The molecule has 3 amide bonds. The summed E-state index contributed by atoms with van der Waals surface area (Å²) >= 11 is 0. The summed E-state index contributed by atoms with van der Waals surface area (Å²) in [5.74, 6) is -0.819. The van der Waals surface area contributed by atoms with E-state index in [1.54, 1.807) is 7.11 Å². The number of nitrogens with zero attached hydrogens (tertiary/aromatic N) is 1. The maximum absolute atomic E-state index is 12.3. The number of hydrogen-bond donors (Lipinski definition) is 1. The van der Waals surface area contributed by atoms with Crippen LogP contribution in [0.5, 0.6) is 0 Å². The second kappa shape index (κ2) is 7.40. The number of anilines is 1. The third kappa shape index (κ3) is 3.23. The van der Waals surface area contributed by atoms with Gasteiger partial charge >= 0.3 is 0 Å². The van der Waals surface area contributed by atoms with Crippen LogP contribution >= 0.6 is 0 Å². The fourth-order valence-corrected chi connectivity index (χ4v) is 3.82. The van der Waals surface area contributed by atoms with Crippen molar-refractivity contribution in [3.8, 4) is 11.1 Å². The third-order valence-electron chi connectivity index (χ3n) is 5.14. The normalized spacial score (nSPS) is 17.0. The van der Waals surface area contributed by atoms with Crippen molar-refractivity contribution >= 4 is 23.4 Å². The first kappa shape index (κ1) is 18.1. The molecule has 6 nitrogen and oxygen atoms in total. The van der Waals surface area contributed by atoms with Gasteiger partial charge in [-0.05, 0) is 34.4 Å². The maximum atomic E-state index is 12.3. The monoisotopic (exact) mass is 376 g/mol. The van der Waals surface area contributed by atoms with Gasteiger partial charge in [0, 0.05) is 43.8 Å². The number of amides is 3. The number of imide groups is 1. The molecule has 0 saturated heterocycles. The van der Waals surface area contributed by atoms with E-state index >= 15 is 0 Å². The van der Waals surface area contributed by atoms with Crippen LogP contribution in [0.3, 0.4) is 0 Å². The van der Waals surface area contributed by atoms with Crippen LogP contribution < -0.4 is 5.32 Å². The molecule has 142 valence electrons. The van der Waals surface area contributed by atoms with Crippen LogP contribution in [0.1, 0.15) is 23.5 Å². The Bertz CT molecular complexity index is 978. The van der Waals surface area contributed by atoms with E-state index in [9.17, 15) is 14.4 Å². The molecule has 4 rings (SSSR count). The van der Waals surface area contributed by atoms with Gasteiger partial charge in [-0.3, -0.25) is 19.3 Å². The predicted molar refractivity (Wildman–Crippen MR) is 105 cm³/mol. The zero-order valence-corrected chi connectivity index (χ0v) is 15.5. The summed E-state index contributed by atoms with van der Waals surface area (Å²) in [5.41, 5.74) is 5.33. The molecule has 2 aromatic rings. The van der Waals surface area contributed by atoms with Crippen LogP contribution in [0.4, 0.5) is 5.69 Å². The highest BCUT2D eigenvalue weighted by molar-refractivity contribution is 6.13. The average molecular weight is 376 g/mol. The zero-order chi connectivity index (χ0) is 19.7. The van der Waals surface area contributed by atoms with Crippen molar-refractivity contribution in [3.05, 3.63) is 65.7 Å². The lowest BCUT2D eigenvalue weighted by Crippen LogP contribution is -2.33. The van der Waals surface area contributed by atoms with E-state index in [0.717, 1.165) is 16.0 Å². The predicted octanol–water partition coefficient (Wildman–Crippen LogP) is 2.70.